The molecular weight excluding hydrogens is 312 g/mol. The number of hydrogen-bond donors (Lipinski definition) is 1. The molecule has 0 aliphatic heterocycles. The van der Waals surface area contributed by atoms with Gasteiger partial charge >= 0.3 is 0 Å². The Morgan fingerprint density at radius 2 is 1.84 bits per heavy atom. The minimum atomic E-state index is -0.425. The van der Waals surface area contributed by atoms with Crippen LogP contribution in [-0.2, 0) is 6.54 Å². The van der Waals surface area contributed by atoms with Crippen molar-refractivity contribution in [2.24, 2.45) is 5.73 Å². The van der Waals surface area contributed by atoms with Gasteiger partial charge in [0.1, 0.15) is 5.75 Å². The largest absolute Gasteiger partial charge is 0.497 e. The lowest BCUT2D eigenvalue weighted by molar-refractivity contribution is 0.100. The molecule has 0 aliphatic carbocycles. The van der Waals surface area contributed by atoms with Crippen molar-refractivity contribution in [3.05, 3.63) is 77.9 Å². The van der Waals surface area contributed by atoms with E-state index >= 15 is 0 Å². The van der Waals surface area contributed by atoms with Crippen LogP contribution in [0.4, 0.5) is 0 Å². The molecule has 2 N–H and O–H groups in total. The molecule has 4 heteroatoms. The van der Waals surface area contributed by atoms with Gasteiger partial charge in [-0.2, -0.15) is 0 Å². The van der Waals surface area contributed by atoms with Gasteiger partial charge in [-0.25, -0.2) is 0 Å². The summed E-state index contributed by atoms with van der Waals surface area (Å²) in [6, 6.07) is 22.7. The van der Waals surface area contributed by atoms with Crippen molar-refractivity contribution >= 4 is 27.7 Å². The second-order valence-electron chi connectivity index (χ2n) is 5.93. The first kappa shape index (κ1) is 15.3. The van der Waals surface area contributed by atoms with E-state index in [1.807, 2.05) is 54.6 Å². The van der Waals surface area contributed by atoms with Gasteiger partial charge in [-0.05, 0) is 42.0 Å². The van der Waals surface area contributed by atoms with Crippen LogP contribution in [0.2, 0.25) is 0 Å². The van der Waals surface area contributed by atoms with Crippen molar-refractivity contribution in [3.63, 3.8) is 0 Å². The molecule has 25 heavy (non-hydrogen) atoms. The molecule has 0 spiro atoms. The lowest BCUT2D eigenvalue weighted by Gasteiger charge is -2.09. The van der Waals surface area contributed by atoms with Crippen LogP contribution in [0.15, 0.2) is 60.7 Å². The van der Waals surface area contributed by atoms with Gasteiger partial charge in [-0.15, -0.1) is 0 Å². The fraction of sp³-hybridized carbons (Fsp3) is 0.0952. The maximum atomic E-state index is 11.9. The van der Waals surface area contributed by atoms with Crippen molar-refractivity contribution in [3.8, 4) is 5.75 Å². The average molecular weight is 329 g/mol. The lowest BCUT2D eigenvalue weighted by atomic mass is 10.1. The number of hydrogen-bond acceptors (Lipinski definition) is 2. The number of carbonyl (C=O) groups excluding carboxylic acids is 1. The van der Waals surface area contributed by atoms with Gasteiger partial charge in [0.25, 0.3) is 0 Å². The third-order valence-corrected chi connectivity index (χ3v) is 4.47. The highest BCUT2D eigenvalue weighted by atomic mass is 16.5. The normalized spacial score (nSPS) is 11.1. The van der Waals surface area contributed by atoms with Gasteiger partial charge in [0, 0.05) is 22.9 Å². The van der Waals surface area contributed by atoms with Gasteiger partial charge in [-0.1, -0.05) is 30.3 Å². The van der Waals surface area contributed by atoms with Gasteiger partial charge in [0.05, 0.1) is 18.1 Å². The summed E-state index contributed by atoms with van der Waals surface area (Å²) in [5.74, 6) is 0.404. The Bertz CT molecular complexity index is 1080. The number of primary amides is 1. The Kier molecular flexibility index (Phi) is 3.65. The molecule has 0 unspecified atom stereocenters. The van der Waals surface area contributed by atoms with Crippen molar-refractivity contribution in [2.75, 3.05) is 7.11 Å². The molecule has 1 heterocycles. The highest BCUT2D eigenvalue weighted by molar-refractivity contribution is 6.17. The van der Waals surface area contributed by atoms with Gasteiger partial charge in [0.15, 0.2) is 0 Å². The molecule has 1 aromatic heterocycles. The van der Waals surface area contributed by atoms with Gasteiger partial charge in [0.2, 0.25) is 5.91 Å². The third kappa shape index (κ3) is 2.52. The van der Waals surface area contributed by atoms with E-state index in [0.29, 0.717) is 12.1 Å². The number of aromatic nitrogens is 1. The molecule has 4 nitrogen and oxygen atoms in total. The highest BCUT2D eigenvalue weighted by Gasteiger charge is 2.16. The van der Waals surface area contributed by atoms with E-state index in [-0.39, 0.29) is 0 Å². The summed E-state index contributed by atoms with van der Waals surface area (Å²) >= 11 is 0. The Morgan fingerprint density at radius 1 is 1.08 bits per heavy atom. The molecule has 1 amide bonds. The molecule has 0 saturated heterocycles. The smallest absolute Gasteiger partial charge is 0.249 e. The predicted molar refractivity (Wildman–Crippen MR) is 98.9 cm³/mol. The first-order valence-corrected chi connectivity index (χ1v) is 8.03. The topological polar surface area (TPSA) is 57.2 Å². The monoisotopic (exact) mass is 329 g/mol. The van der Waals surface area contributed by atoms with Gasteiger partial charge in [-0.3, -0.25) is 4.79 Å². The zero-order valence-corrected chi connectivity index (χ0v) is 13.8. The van der Waals surface area contributed by atoms with E-state index in [2.05, 4.69) is 10.6 Å². The van der Waals surface area contributed by atoms with Crippen LogP contribution >= 0.6 is 0 Å². The summed E-state index contributed by atoms with van der Waals surface area (Å²) in [4.78, 5) is 11.9. The second-order valence-corrected chi connectivity index (χ2v) is 5.93. The fourth-order valence-corrected chi connectivity index (χ4v) is 3.30. The number of amides is 1. The zero-order valence-electron chi connectivity index (χ0n) is 13.8. The van der Waals surface area contributed by atoms with Crippen molar-refractivity contribution < 1.29 is 9.53 Å². The molecule has 0 bridgehead atoms. The number of ether oxygens (including phenoxy) is 1. The van der Waals surface area contributed by atoms with Crippen LogP contribution in [-0.4, -0.2) is 17.6 Å². The molecule has 0 atom stereocenters. The SMILES string of the molecule is COc1ccc(Cn2c3ccc[c]c3c3c(C(N)=O)cccc32)cc1. The van der Waals surface area contributed by atoms with Crippen LogP contribution in [0.25, 0.3) is 21.8 Å². The molecule has 123 valence electrons. The quantitative estimate of drug-likeness (QED) is 0.620. The summed E-state index contributed by atoms with van der Waals surface area (Å²) in [6.07, 6.45) is 0. The van der Waals surface area contributed by atoms with E-state index in [1.54, 1.807) is 13.2 Å². The van der Waals surface area contributed by atoms with E-state index < -0.39 is 5.91 Å². The van der Waals surface area contributed by atoms with Crippen LogP contribution in [0, 0.1) is 6.07 Å². The Hall–Kier alpha value is -3.27. The number of nitrogens with two attached hydrogens (primary N) is 1. The third-order valence-electron chi connectivity index (χ3n) is 4.47. The number of methoxy groups -OCH3 is 1. The number of carbonyl (C=O) groups is 1. The Morgan fingerprint density at radius 3 is 2.56 bits per heavy atom. The number of benzene rings is 3. The van der Waals surface area contributed by atoms with E-state index in [0.717, 1.165) is 33.1 Å². The minimum Gasteiger partial charge on any atom is -0.497 e. The molecule has 0 saturated carbocycles. The van der Waals surface area contributed by atoms with Crippen molar-refractivity contribution in [1.29, 1.82) is 0 Å². The summed E-state index contributed by atoms with van der Waals surface area (Å²) in [7, 11) is 1.66. The van der Waals surface area contributed by atoms with Crippen LogP contribution < -0.4 is 10.5 Å². The Labute approximate surface area is 145 Å². The maximum Gasteiger partial charge on any atom is 0.249 e. The van der Waals surface area contributed by atoms with E-state index in [1.165, 1.54) is 0 Å². The zero-order chi connectivity index (χ0) is 17.4. The molecule has 0 aliphatic rings. The first-order valence-electron chi connectivity index (χ1n) is 8.03. The Balaban J connectivity index is 1.95. The molecule has 1 radical (unpaired) electrons. The first-order chi connectivity index (χ1) is 12.2. The number of rotatable bonds is 4. The lowest BCUT2D eigenvalue weighted by Crippen LogP contribution is -2.11. The summed E-state index contributed by atoms with van der Waals surface area (Å²) in [5.41, 5.74) is 9.27. The maximum absolute atomic E-state index is 11.9. The van der Waals surface area contributed by atoms with Crippen LogP contribution in [0.3, 0.4) is 0 Å². The fourth-order valence-electron chi connectivity index (χ4n) is 3.30. The van der Waals surface area contributed by atoms with Crippen LogP contribution in [0.1, 0.15) is 15.9 Å². The van der Waals surface area contributed by atoms with Crippen LogP contribution in [0.5, 0.6) is 5.75 Å². The highest BCUT2D eigenvalue weighted by Crippen LogP contribution is 2.32. The molecule has 4 rings (SSSR count). The predicted octanol–water partition coefficient (Wildman–Crippen LogP) is 3.75. The number of fused-ring (bicyclic) bond motifs is 3. The molecule has 0 fully saturated rings. The van der Waals surface area contributed by atoms with Crippen molar-refractivity contribution in [2.45, 2.75) is 6.54 Å². The molecular formula is C21H17N2O2. The average Bonchev–Trinajstić information content (AvgIpc) is 2.96. The summed E-state index contributed by atoms with van der Waals surface area (Å²) in [5, 5.41) is 1.78. The molecule has 4 aromatic rings. The standard InChI is InChI=1S/C21H17N2O2/c1-25-15-11-9-14(10-12-15)13-23-18-7-3-2-5-16(18)20-17(21(22)24)6-4-8-19(20)23/h2-4,6-12H,13H2,1H3,(H2,22,24). The second kappa shape index (κ2) is 5.98. The molecule has 3 aromatic carbocycles. The van der Waals surface area contributed by atoms with E-state index in [9.17, 15) is 4.79 Å². The number of nitrogens with zero attached hydrogens (tertiary/aromatic N) is 1. The van der Waals surface area contributed by atoms with E-state index in [4.69, 9.17) is 10.5 Å². The summed E-state index contributed by atoms with van der Waals surface area (Å²) in [6.45, 7) is 0.685. The van der Waals surface area contributed by atoms with Crippen molar-refractivity contribution in [1.82, 2.24) is 4.57 Å². The summed E-state index contributed by atoms with van der Waals surface area (Å²) < 4.78 is 7.41. The van der Waals surface area contributed by atoms with Gasteiger partial charge < -0.3 is 15.0 Å². The minimum absolute atomic E-state index is 0.425.